The van der Waals surface area contributed by atoms with Crippen LogP contribution < -0.4 is 4.74 Å². The average Bonchev–Trinajstić information content (AvgIpc) is 3.04. The summed E-state index contributed by atoms with van der Waals surface area (Å²) in [5.41, 5.74) is 0. The van der Waals surface area contributed by atoms with E-state index in [0.717, 1.165) is 25.7 Å². The van der Waals surface area contributed by atoms with Gasteiger partial charge in [0.1, 0.15) is 6.10 Å². The number of rotatable bonds is 2. The van der Waals surface area contributed by atoms with Crippen LogP contribution >= 0.6 is 11.6 Å². The van der Waals surface area contributed by atoms with Crippen molar-refractivity contribution < 1.29 is 9.84 Å². The molecule has 2 saturated carbocycles. The van der Waals surface area contributed by atoms with E-state index >= 15 is 0 Å². The Labute approximate surface area is 119 Å². The number of aliphatic hydroxyl groups excluding tert-OH is 1. The number of halogens is 1. The van der Waals surface area contributed by atoms with Crippen molar-refractivity contribution in [3.63, 3.8) is 0 Å². The molecule has 0 aliphatic heterocycles. The van der Waals surface area contributed by atoms with E-state index in [9.17, 15) is 0 Å². The standard InChI is InChI=1S/C9H11ClN2O.C5H10O/c10-8-5-11-6-9(12-8)13-7-3-1-2-4-7;6-5-3-1-2-4-5/h5-7H,1-4H2;5-6H,1-4H2. The molecule has 0 unspecified atom stereocenters. The molecule has 0 saturated heterocycles. The van der Waals surface area contributed by atoms with E-state index in [4.69, 9.17) is 21.4 Å². The molecule has 19 heavy (non-hydrogen) atoms. The van der Waals surface area contributed by atoms with Gasteiger partial charge in [0, 0.05) is 0 Å². The molecular formula is C14H21ClN2O2. The highest BCUT2D eigenvalue weighted by molar-refractivity contribution is 6.29. The molecule has 0 amide bonds. The smallest absolute Gasteiger partial charge is 0.234 e. The van der Waals surface area contributed by atoms with Crippen molar-refractivity contribution in [2.75, 3.05) is 0 Å². The number of nitrogens with zero attached hydrogens (tertiary/aromatic N) is 2. The first kappa shape index (κ1) is 14.5. The van der Waals surface area contributed by atoms with E-state index in [1.165, 1.54) is 31.9 Å². The van der Waals surface area contributed by atoms with Crippen LogP contribution in [0.25, 0.3) is 0 Å². The van der Waals surface area contributed by atoms with Crippen LogP contribution in [-0.4, -0.2) is 27.3 Å². The predicted molar refractivity (Wildman–Crippen MR) is 74.4 cm³/mol. The molecule has 1 heterocycles. The first-order chi connectivity index (χ1) is 9.24. The third-order valence-electron chi connectivity index (χ3n) is 3.50. The molecule has 1 N–H and O–H groups in total. The minimum Gasteiger partial charge on any atom is -0.473 e. The van der Waals surface area contributed by atoms with Gasteiger partial charge in [0.2, 0.25) is 5.88 Å². The van der Waals surface area contributed by atoms with Gasteiger partial charge in [0.15, 0.2) is 5.15 Å². The number of hydrogen-bond donors (Lipinski definition) is 1. The summed E-state index contributed by atoms with van der Waals surface area (Å²) >= 11 is 5.68. The fourth-order valence-corrected chi connectivity index (χ4v) is 2.60. The van der Waals surface area contributed by atoms with E-state index in [2.05, 4.69) is 9.97 Å². The van der Waals surface area contributed by atoms with E-state index in [-0.39, 0.29) is 6.10 Å². The predicted octanol–water partition coefficient (Wildman–Crippen LogP) is 3.37. The van der Waals surface area contributed by atoms with Crippen LogP contribution in [-0.2, 0) is 0 Å². The van der Waals surface area contributed by atoms with Gasteiger partial charge in [-0.15, -0.1) is 0 Å². The summed E-state index contributed by atoms with van der Waals surface area (Å²) in [5, 5.41) is 9.11. The van der Waals surface area contributed by atoms with E-state index in [1.807, 2.05) is 0 Å². The largest absolute Gasteiger partial charge is 0.473 e. The lowest BCUT2D eigenvalue weighted by Crippen LogP contribution is -2.11. The summed E-state index contributed by atoms with van der Waals surface area (Å²) in [6.45, 7) is 0. The van der Waals surface area contributed by atoms with Crippen molar-refractivity contribution in [3.8, 4) is 5.88 Å². The molecule has 3 rings (SSSR count). The maximum absolute atomic E-state index is 8.73. The van der Waals surface area contributed by atoms with E-state index < -0.39 is 0 Å². The zero-order valence-electron chi connectivity index (χ0n) is 11.1. The second kappa shape index (κ2) is 7.65. The Morgan fingerprint density at radius 1 is 1.05 bits per heavy atom. The quantitative estimate of drug-likeness (QED) is 0.905. The Morgan fingerprint density at radius 2 is 1.68 bits per heavy atom. The molecular weight excluding hydrogens is 264 g/mol. The normalized spacial score (nSPS) is 20.1. The van der Waals surface area contributed by atoms with Crippen LogP contribution in [0, 0.1) is 0 Å². The molecule has 1 aromatic heterocycles. The highest BCUT2D eigenvalue weighted by Crippen LogP contribution is 2.22. The maximum atomic E-state index is 8.73. The van der Waals surface area contributed by atoms with Crippen molar-refractivity contribution in [2.24, 2.45) is 0 Å². The fraction of sp³-hybridized carbons (Fsp3) is 0.714. The van der Waals surface area contributed by atoms with Gasteiger partial charge in [0.25, 0.3) is 0 Å². The van der Waals surface area contributed by atoms with E-state index in [0.29, 0.717) is 17.1 Å². The number of aliphatic hydroxyl groups is 1. The van der Waals surface area contributed by atoms with Gasteiger partial charge in [-0.1, -0.05) is 24.4 Å². The summed E-state index contributed by atoms with van der Waals surface area (Å²) in [6.07, 6.45) is 12.8. The maximum Gasteiger partial charge on any atom is 0.234 e. The monoisotopic (exact) mass is 284 g/mol. The summed E-state index contributed by atoms with van der Waals surface area (Å²) < 4.78 is 5.60. The Morgan fingerprint density at radius 3 is 2.21 bits per heavy atom. The van der Waals surface area contributed by atoms with Gasteiger partial charge in [-0.05, 0) is 38.5 Å². The molecule has 0 radical (unpaired) electrons. The molecule has 4 nitrogen and oxygen atoms in total. The lowest BCUT2D eigenvalue weighted by Gasteiger charge is -2.10. The lowest BCUT2D eigenvalue weighted by molar-refractivity contribution is 0.183. The lowest BCUT2D eigenvalue weighted by atomic mass is 10.3. The molecule has 2 aliphatic rings. The number of hydrogen-bond acceptors (Lipinski definition) is 4. The van der Waals surface area contributed by atoms with Crippen molar-refractivity contribution in [1.29, 1.82) is 0 Å². The molecule has 0 spiro atoms. The van der Waals surface area contributed by atoms with Crippen LogP contribution in [0.4, 0.5) is 0 Å². The Balaban J connectivity index is 0.000000186. The summed E-state index contributed by atoms with van der Waals surface area (Å²) in [4.78, 5) is 7.92. The van der Waals surface area contributed by atoms with Crippen molar-refractivity contribution >= 4 is 11.6 Å². The van der Waals surface area contributed by atoms with Gasteiger partial charge in [-0.3, -0.25) is 4.98 Å². The van der Waals surface area contributed by atoms with Crippen LogP contribution in [0.5, 0.6) is 5.88 Å². The Kier molecular flexibility index (Phi) is 5.86. The second-order valence-corrected chi connectivity index (χ2v) is 5.53. The molecule has 106 valence electrons. The molecule has 2 aliphatic carbocycles. The van der Waals surface area contributed by atoms with Crippen molar-refractivity contribution in [3.05, 3.63) is 17.5 Å². The first-order valence-corrected chi connectivity index (χ1v) is 7.44. The number of ether oxygens (including phenoxy) is 1. The van der Waals surface area contributed by atoms with Crippen LogP contribution in [0.2, 0.25) is 5.15 Å². The molecule has 0 bridgehead atoms. The molecule has 0 atom stereocenters. The van der Waals surface area contributed by atoms with Gasteiger partial charge in [0.05, 0.1) is 18.5 Å². The molecule has 2 fully saturated rings. The topological polar surface area (TPSA) is 55.2 Å². The zero-order chi connectivity index (χ0) is 13.5. The number of aromatic nitrogens is 2. The molecule has 0 aromatic carbocycles. The summed E-state index contributed by atoms with van der Waals surface area (Å²) in [7, 11) is 0. The summed E-state index contributed by atoms with van der Waals surface area (Å²) in [6, 6.07) is 0. The minimum absolute atomic E-state index is 0.0463. The molecule has 5 heteroatoms. The van der Waals surface area contributed by atoms with Crippen LogP contribution in [0.1, 0.15) is 51.4 Å². The van der Waals surface area contributed by atoms with Gasteiger partial charge in [-0.25, -0.2) is 0 Å². The second-order valence-electron chi connectivity index (χ2n) is 5.14. The highest BCUT2D eigenvalue weighted by atomic mass is 35.5. The minimum atomic E-state index is 0.0463. The Bertz CT molecular complexity index is 377. The Hall–Kier alpha value is -0.870. The van der Waals surface area contributed by atoms with Gasteiger partial charge < -0.3 is 9.84 Å². The van der Waals surface area contributed by atoms with Gasteiger partial charge >= 0.3 is 0 Å². The van der Waals surface area contributed by atoms with Gasteiger partial charge in [-0.2, -0.15) is 4.98 Å². The third kappa shape index (κ3) is 5.33. The first-order valence-electron chi connectivity index (χ1n) is 7.06. The highest BCUT2D eigenvalue weighted by Gasteiger charge is 2.17. The average molecular weight is 285 g/mol. The fourth-order valence-electron chi connectivity index (χ4n) is 2.46. The molecule has 1 aromatic rings. The zero-order valence-corrected chi connectivity index (χ0v) is 11.9. The van der Waals surface area contributed by atoms with Crippen LogP contribution in [0.3, 0.4) is 0 Å². The van der Waals surface area contributed by atoms with Crippen molar-refractivity contribution in [1.82, 2.24) is 9.97 Å². The SMILES string of the molecule is Clc1cncc(OC2CCCC2)n1.OC1CCCC1. The van der Waals surface area contributed by atoms with Crippen LogP contribution in [0.15, 0.2) is 12.4 Å². The van der Waals surface area contributed by atoms with E-state index in [1.54, 1.807) is 6.20 Å². The summed E-state index contributed by atoms with van der Waals surface area (Å²) in [5.74, 6) is 0.541. The third-order valence-corrected chi connectivity index (χ3v) is 3.68. The van der Waals surface area contributed by atoms with Crippen molar-refractivity contribution in [2.45, 2.75) is 63.6 Å².